The van der Waals surface area contributed by atoms with Gasteiger partial charge in [-0.25, -0.2) is 4.99 Å². The molecule has 4 fully saturated rings. The van der Waals surface area contributed by atoms with Crippen molar-refractivity contribution in [3.8, 4) is 23.0 Å². The first-order valence-corrected chi connectivity index (χ1v) is 34.5. The molecule has 0 amide bonds. The van der Waals surface area contributed by atoms with Crippen LogP contribution in [0.1, 0.15) is 144 Å². The number of nitrogens with two attached hydrogens (primary N) is 2. The van der Waals surface area contributed by atoms with Gasteiger partial charge in [-0.15, -0.1) is 0 Å². The van der Waals surface area contributed by atoms with Crippen LogP contribution in [0.15, 0.2) is 121 Å². The number of hydrogen-bond acceptors (Lipinski definition) is 15. The van der Waals surface area contributed by atoms with Crippen LogP contribution in [0.4, 0.5) is 0 Å². The molecule has 0 saturated heterocycles. The van der Waals surface area contributed by atoms with Gasteiger partial charge in [0.05, 0.1) is 30.0 Å². The van der Waals surface area contributed by atoms with Gasteiger partial charge in [0.2, 0.25) is 5.78 Å². The molecule has 2 atom stereocenters. The van der Waals surface area contributed by atoms with E-state index in [9.17, 15) is 9.90 Å². The Morgan fingerprint density at radius 2 is 1.07 bits per heavy atom. The number of methoxy groups -OCH3 is 4. The third-order valence-corrected chi connectivity index (χ3v) is 22.3. The monoisotopic (exact) mass is 1590 g/mol. The summed E-state index contributed by atoms with van der Waals surface area (Å²) in [6, 6.07) is 23.8. The summed E-state index contributed by atoms with van der Waals surface area (Å²) in [5, 5.41) is 19.4. The van der Waals surface area contributed by atoms with E-state index < -0.39 is 16.8 Å². The fraction of sp³-hybridized carbons (Fsp3) is 0.507. The van der Waals surface area contributed by atoms with Crippen LogP contribution in [-0.2, 0) is 30.1 Å². The SMILES string of the molecule is C.C=CC1(O)c2cc(Br)ccc2OC12CCC(OC)CC2.COC1CCC2(CC1)Oc1ccc(Br)cc1/C2=C/CSC(=N)N.COC1CCC2(CC1)Oc1ccc(Br)cc1C21CCSC(N)=N1.COC1CCC2(CC1)Oc1ccc(Br)cc1C2=O.[Br-].[CH-]=C.[Mg+2]. The Labute approximate surface area is 595 Å². The Morgan fingerprint density at radius 1 is 0.663 bits per heavy atom. The van der Waals surface area contributed by atoms with Gasteiger partial charge in [0.15, 0.2) is 21.5 Å². The normalized spacial score (nSPS) is 30.7. The van der Waals surface area contributed by atoms with Gasteiger partial charge in [0.25, 0.3) is 0 Å². The molecule has 4 aromatic carbocycles. The van der Waals surface area contributed by atoms with Gasteiger partial charge < -0.3 is 78.0 Å². The predicted molar refractivity (Wildman–Crippen MR) is 371 cm³/mol. The molecular weight excluding hydrogens is 1510 g/mol. The first kappa shape index (κ1) is 75.6. The van der Waals surface area contributed by atoms with Gasteiger partial charge in [-0.3, -0.25) is 16.8 Å². The van der Waals surface area contributed by atoms with Crippen LogP contribution in [-0.4, -0.2) is 131 Å². The number of ether oxygens (including phenoxy) is 8. The van der Waals surface area contributed by atoms with Crippen molar-refractivity contribution in [2.75, 3.05) is 39.9 Å². The van der Waals surface area contributed by atoms with Crippen molar-refractivity contribution >= 4 is 132 Å². The Morgan fingerprint density at radius 3 is 1.55 bits per heavy atom. The molecule has 0 radical (unpaired) electrons. The predicted octanol–water partition coefficient (Wildman–Crippen LogP) is 12.8. The van der Waals surface area contributed by atoms with E-state index in [1.165, 1.54) is 22.9 Å². The molecule has 14 nitrogen and oxygen atoms in total. The van der Waals surface area contributed by atoms with E-state index in [0.29, 0.717) is 28.7 Å². The number of aliphatic imine (C=N–C) groups is 1. The van der Waals surface area contributed by atoms with E-state index in [-0.39, 0.29) is 87.4 Å². The minimum atomic E-state index is -1.13. The zero-order chi connectivity index (χ0) is 61.7. The molecule has 5 aliphatic heterocycles. The number of hydrogen-bond donors (Lipinski definition) is 4. The van der Waals surface area contributed by atoms with Crippen LogP contribution in [0.2, 0.25) is 0 Å². The summed E-state index contributed by atoms with van der Waals surface area (Å²) in [4.78, 5) is 17.5. The number of carbonyl (C=O) groups is 1. The molecule has 6 N–H and O–H groups in total. The minimum Gasteiger partial charge on any atom is -1.00 e. The third-order valence-electron chi connectivity index (χ3n) is 18.9. The van der Waals surface area contributed by atoms with Gasteiger partial charge in [-0.05, 0) is 182 Å². The van der Waals surface area contributed by atoms with Gasteiger partial charge in [0, 0.05) is 80.1 Å². The summed E-state index contributed by atoms with van der Waals surface area (Å²) in [6.07, 6.45) is 20.4. The van der Waals surface area contributed by atoms with E-state index in [1.54, 1.807) is 46.3 Å². The van der Waals surface area contributed by atoms with E-state index in [4.69, 9.17) is 59.8 Å². The number of fused-ring (bicyclic) bond motifs is 6. The van der Waals surface area contributed by atoms with E-state index in [2.05, 4.69) is 108 Å². The third kappa shape index (κ3) is 15.5. The first-order valence-electron chi connectivity index (χ1n) is 29.4. The quantitative estimate of drug-likeness (QED) is 0.0448. The number of amidine groups is 2. The second-order valence-corrected chi connectivity index (χ2v) is 29.0. The summed E-state index contributed by atoms with van der Waals surface area (Å²) in [7, 11) is 7.05. The van der Waals surface area contributed by atoms with Gasteiger partial charge in [-0.2, -0.15) is 0 Å². The maximum Gasteiger partial charge on any atom is 2.00 e. The second kappa shape index (κ2) is 32.3. The molecule has 9 aliphatic rings. The topological polar surface area (TPSA) is 199 Å². The van der Waals surface area contributed by atoms with Crippen molar-refractivity contribution in [1.82, 2.24) is 0 Å². The van der Waals surface area contributed by atoms with Crippen LogP contribution in [0.25, 0.3) is 5.57 Å². The Kier molecular flexibility index (Phi) is 27.5. The number of carbonyl (C=O) groups excluding carboxylic acids is 1. The van der Waals surface area contributed by atoms with Crippen LogP contribution < -0.4 is 47.4 Å². The van der Waals surface area contributed by atoms with Crippen molar-refractivity contribution < 1.29 is 64.8 Å². The van der Waals surface area contributed by atoms with Crippen molar-refractivity contribution in [3.05, 3.63) is 145 Å². The number of aliphatic hydroxyl groups is 1. The van der Waals surface area contributed by atoms with Crippen molar-refractivity contribution in [1.29, 1.82) is 5.41 Å². The number of halogens is 5. The number of benzene rings is 4. The van der Waals surface area contributed by atoms with Crippen LogP contribution in [0.3, 0.4) is 0 Å². The Balaban J connectivity index is 0.000000186. The zero-order valence-corrected chi connectivity index (χ0v) is 61.4. The molecule has 0 aromatic heterocycles. The number of rotatable bonds is 7. The first-order chi connectivity index (χ1) is 41.3. The van der Waals surface area contributed by atoms with Crippen LogP contribution in [0.5, 0.6) is 23.0 Å². The number of ketones is 1. The molecule has 2 unspecified atom stereocenters. The van der Waals surface area contributed by atoms with Gasteiger partial charge in [0.1, 0.15) is 45.3 Å². The van der Waals surface area contributed by atoms with E-state index in [1.807, 2.05) is 54.6 Å². The summed E-state index contributed by atoms with van der Waals surface area (Å²) in [5.41, 5.74) is 13.4. The van der Waals surface area contributed by atoms with Crippen molar-refractivity contribution in [3.63, 3.8) is 0 Å². The number of nitrogens with zero attached hydrogens (tertiary/aromatic N) is 1. The molecule has 4 aliphatic carbocycles. The molecule has 22 heteroatoms. The Hall–Kier alpha value is -2.42. The molecule has 0 bridgehead atoms. The Bertz CT molecular complexity index is 3180. The van der Waals surface area contributed by atoms with Crippen LogP contribution >= 0.6 is 87.2 Å². The molecule has 13 rings (SSSR count). The molecule has 5 heterocycles. The van der Waals surface area contributed by atoms with Crippen molar-refractivity contribution in [2.45, 2.75) is 175 Å². The summed E-state index contributed by atoms with van der Waals surface area (Å²) < 4.78 is 51.0. The fourth-order valence-electron chi connectivity index (χ4n) is 14.2. The summed E-state index contributed by atoms with van der Waals surface area (Å²) in [5.74, 6) is 5.20. The number of thioether (sulfide) groups is 2. The number of Topliss-reactive ketones (excluding diaryl/α,β-unsaturated/α-hetero) is 1. The molecule has 89 heavy (non-hydrogen) atoms. The summed E-state index contributed by atoms with van der Waals surface area (Å²) >= 11 is 17.0. The average molecular weight is 1590 g/mol. The van der Waals surface area contributed by atoms with Crippen molar-refractivity contribution in [2.24, 2.45) is 16.5 Å². The molecular formula is C67H83Br5MgN4O10S2. The maximum atomic E-state index is 12.5. The van der Waals surface area contributed by atoms with E-state index in [0.717, 1.165) is 167 Å². The standard InChI is InChI=1S/2C17H21BrN2O2S.C16H19BrO3.C14H15BrO3.C2H3.CH4.BrH.Mg/c1-21-12-4-6-16(7-5-12)17(8-9-23-15(19)20-17)13-10-11(18)2-3-14(13)22-16;1-21-12-4-7-17(8-5-12)14(6-9-23-16(19)20)13-10-11(18)2-3-15(13)22-17;1-3-16(18)13-10-11(17)4-5-14(13)20-15(16)8-6-12(19-2)7-9-15;1-17-10-4-6-14(7-5-10)13(16)11-8-9(15)2-3-12(11)18-14;1-2;;;/h2-3,10,12H,4-9H2,1H3,(H2,19,20);2-3,6,10,12H,4-5,7-9H2,1H3,(H3,19,20);3-5,10,12,18H,1,6-9H2,2H3;2-3,8,10H,4-7H2,1H3;1H,2H2;1H4;1H;/q;;;;-1;;;+2/p-1/b;14-6-;;;;;;. The van der Waals surface area contributed by atoms with Gasteiger partial charge >= 0.3 is 23.1 Å². The molecule has 4 aromatic rings. The molecule has 5 spiro atoms. The molecule has 4 saturated carbocycles. The van der Waals surface area contributed by atoms with Crippen LogP contribution in [0, 0.1) is 12.0 Å². The zero-order valence-electron chi connectivity index (χ0n) is 50.5. The second-order valence-electron chi connectivity index (χ2n) is 23.2. The van der Waals surface area contributed by atoms with Gasteiger partial charge in [-0.1, -0.05) is 113 Å². The fourth-order valence-corrected chi connectivity index (χ4v) is 16.9. The summed E-state index contributed by atoms with van der Waals surface area (Å²) in [6.45, 7) is 10.9. The minimum absolute atomic E-state index is 0. The number of nitrogens with one attached hydrogen (secondary N) is 1. The largest absolute Gasteiger partial charge is 2.00 e. The average Bonchev–Trinajstić information content (AvgIpc) is 1.61. The molecule has 480 valence electrons. The maximum absolute atomic E-state index is 12.5. The van der Waals surface area contributed by atoms with E-state index >= 15 is 0 Å². The smallest absolute Gasteiger partial charge is 1.00 e.